The van der Waals surface area contributed by atoms with Gasteiger partial charge in [-0.25, -0.2) is 14.2 Å². The smallest absolute Gasteiger partial charge is 0.322 e. The van der Waals surface area contributed by atoms with E-state index in [1.807, 2.05) is 39.0 Å². The molecule has 0 spiro atoms. The Kier molecular flexibility index (Phi) is 4.68. The number of ether oxygens (including phenoxy) is 1. The van der Waals surface area contributed by atoms with E-state index in [-0.39, 0.29) is 17.6 Å². The third-order valence-electron chi connectivity index (χ3n) is 5.66. The average Bonchev–Trinajstić information content (AvgIpc) is 3.03. The number of hydrogen-bond acceptors (Lipinski definition) is 4. The molecular weight excluding hydrogens is 385 g/mol. The quantitative estimate of drug-likeness (QED) is 0.640. The zero-order valence-corrected chi connectivity index (χ0v) is 17.2. The Hall–Kier alpha value is -3.48. The standard InChI is InChI=1S/C23H22FN3O3/c1-12(2)23(21(28)26-22(29)27-23)17-10-13(3)19(25-20(17)30-4)15-9-8-14-6-5-7-18(24)16(14)11-15/h5-12H,1-4H3,(H2,26,27,28,29). The molecule has 6 nitrogen and oxygen atoms in total. The molecule has 1 fully saturated rings. The number of carbonyl (C=O) groups excluding carboxylic acids is 2. The average molecular weight is 407 g/mol. The first-order chi connectivity index (χ1) is 14.3. The van der Waals surface area contributed by atoms with Gasteiger partial charge in [-0.2, -0.15) is 0 Å². The van der Waals surface area contributed by atoms with Crippen molar-refractivity contribution in [1.82, 2.24) is 15.6 Å². The van der Waals surface area contributed by atoms with E-state index < -0.39 is 17.5 Å². The molecule has 4 rings (SSSR count). The van der Waals surface area contributed by atoms with Crippen molar-refractivity contribution in [2.45, 2.75) is 26.3 Å². The molecule has 2 aromatic carbocycles. The van der Waals surface area contributed by atoms with Crippen LogP contribution in [0, 0.1) is 18.7 Å². The number of rotatable bonds is 4. The topological polar surface area (TPSA) is 80.3 Å². The van der Waals surface area contributed by atoms with Crippen molar-refractivity contribution in [3.8, 4) is 17.1 Å². The highest BCUT2D eigenvalue weighted by molar-refractivity contribution is 6.08. The molecule has 0 saturated carbocycles. The number of carbonyl (C=O) groups is 2. The lowest BCUT2D eigenvalue weighted by Crippen LogP contribution is -2.48. The number of aryl methyl sites for hydroxylation is 1. The van der Waals surface area contributed by atoms with Crippen LogP contribution in [0.1, 0.15) is 25.0 Å². The fourth-order valence-corrected chi connectivity index (χ4v) is 4.08. The summed E-state index contributed by atoms with van der Waals surface area (Å²) in [7, 11) is 1.47. The number of halogens is 1. The molecule has 1 saturated heterocycles. The lowest BCUT2D eigenvalue weighted by molar-refractivity contribution is -0.125. The zero-order chi connectivity index (χ0) is 21.6. The van der Waals surface area contributed by atoms with Crippen LogP contribution in [-0.2, 0) is 10.3 Å². The summed E-state index contributed by atoms with van der Waals surface area (Å²) in [5.41, 5.74) is 1.32. The van der Waals surface area contributed by atoms with Gasteiger partial charge in [0.05, 0.1) is 12.8 Å². The summed E-state index contributed by atoms with van der Waals surface area (Å²) < 4.78 is 19.8. The monoisotopic (exact) mass is 407 g/mol. The molecule has 154 valence electrons. The maximum Gasteiger partial charge on any atom is 0.322 e. The highest BCUT2D eigenvalue weighted by Gasteiger charge is 2.52. The number of benzene rings is 2. The van der Waals surface area contributed by atoms with Crippen LogP contribution < -0.4 is 15.4 Å². The Morgan fingerprint density at radius 2 is 1.90 bits per heavy atom. The van der Waals surface area contributed by atoms with Crippen LogP contribution >= 0.6 is 0 Å². The summed E-state index contributed by atoms with van der Waals surface area (Å²) in [6.07, 6.45) is 0. The number of nitrogens with zero attached hydrogens (tertiary/aromatic N) is 1. The van der Waals surface area contributed by atoms with E-state index >= 15 is 0 Å². The van der Waals surface area contributed by atoms with Gasteiger partial charge in [-0.05, 0) is 42.0 Å². The molecule has 1 atom stereocenters. The summed E-state index contributed by atoms with van der Waals surface area (Å²) >= 11 is 0. The predicted molar refractivity (Wildman–Crippen MR) is 112 cm³/mol. The molecule has 0 radical (unpaired) electrons. The Bertz CT molecular complexity index is 1190. The first kappa shape index (κ1) is 19.8. The lowest BCUT2D eigenvalue weighted by atomic mass is 9.79. The molecule has 1 aliphatic heterocycles. The summed E-state index contributed by atoms with van der Waals surface area (Å²) in [6, 6.07) is 11.7. The van der Waals surface area contributed by atoms with Crippen LogP contribution in [0.4, 0.5) is 9.18 Å². The number of urea groups is 1. The Morgan fingerprint density at radius 3 is 2.53 bits per heavy atom. The van der Waals surface area contributed by atoms with Crippen molar-refractivity contribution in [2.24, 2.45) is 5.92 Å². The minimum absolute atomic E-state index is 0.232. The first-order valence-corrected chi connectivity index (χ1v) is 9.66. The number of fused-ring (bicyclic) bond motifs is 1. The summed E-state index contributed by atoms with van der Waals surface area (Å²) in [6.45, 7) is 5.56. The molecule has 1 unspecified atom stereocenters. The van der Waals surface area contributed by atoms with Gasteiger partial charge in [-0.3, -0.25) is 10.1 Å². The van der Waals surface area contributed by atoms with E-state index in [1.54, 1.807) is 18.2 Å². The maximum absolute atomic E-state index is 14.3. The van der Waals surface area contributed by atoms with Gasteiger partial charge in [0.1, 0.15) is 5.82 Å². The minimum Gasteiger partial charge on any atom is -0.481 e. The molecule has 0 aliphatic carbocycles. The van der Waals surface area contributed by atoms with Crippen LogP contribution in [0.5, 0.6) is 5.88 Å². The molecule has 30 heavy (non-hydrogen) atoms. The van der Waals surface area contributed by atoms with Crippen LogP contribution in [0.15, 0.2) is 42.5 Å². The fourth-order valence-electron chi connectivity index (χ4n) is 4.08. The van der Waals surface area contributed by atoms with Gasteiger partial charge in [0.25, 0.3) is 5.91 Å². The van der Waals surface area contributed by atoms with Gasteiger partial charge in [0.2, 0.25) is 5.88 Å². The van der Waals surface area contributed by atoms with Crippen molar-refractivity contribution in [1.29, 1.82) is 0 Å². The second-order valence-corrected chi connectivity index (χ2v) is 7.76. The molecule has 1 aromatic heterocycles. The van der Waals surface area contributed by atoms with Gasteiger partial charge in [0.15, 0.2) is 5.54 Å². The number of imide groups is 1. The van der Waals surface area contributed by atoms with Crippen molar-refractivity contribution in [3.63, 3.8) is 0 Å². The van der Waals surface area contributed by atoms with Crippen molar-refractivity contribution >= 4 is 22.7 Å². The zero-order valence-electron chi connectivity index (χ0n) is 17.2. The van der Waals surface area contributed by atoms with E-state index in [9.17, 15) is 14.0 Å². The predicted octanol–water partition coefficient (Wildman–Crippen LogP) is 4.05. The molecule has 2 N–H and O–H groups in total. The molecule has 0 bridgehead atoms. The number of amides is 3. The van der Waals surface area contributed by atoms with E-state index in [4.69, 9.17) is 4.74 Å². The molecular formula is C23H22FN3O3. The molecule has 3 amide bonds. The number of hydrogen-bond donors (Lipinski definition) is 2. The number of pyridine rings is 1. The van der Waals surface area contributed by atoms with E-state index in [0.29, 0.717) is 16.6 Å². The van der Waals surface area contributed by atoms with Gasteiger partial charge in [0, 0.05) is 16.5 Å². The largest absolute Gasteiger partial charge is 0.481 e. The third-order valence-corrected chi connectivity index (χ3v) is 5.66. The van der Waals surface area contributed by atoms with Gasteiger partial charge in [-0.1, -0.05) is 38.1 Å². The summed E-state index contributed by atoms with van der Waals surface area (Å²) in [4.78, 5) is 29.3. The second-order valence-electron chi connectivity index (χ2n) is 7.76. The van der Waals surface area contributed by atoms with Gasteiger partial charge < -0.3 is 10.1 Å². The summed E-state index contributed by atoms with van der Waals surface area (Å²) in [5.74, 6) is -0.767. The number of nitrogens with one attached hydrogen (secondary N) is 2. The van der Waals surface area contributed by atoms with Crippen LogP contribution in [0.3, 0.4) is 0 Å². The van der Waals surface area contributed by atoms with Crippen molar-refractivity contribution in [3.05, 3.63) is 59.4 Å². The number of aromatic nitrogens is 1. The van der Waals surface area contributed by atoms with E-state index in [1.165, 1.54) is 13.2 Å². The van der Waals surface area contributed by atoms with Crippen LogP contribution in [0.2, 0.25) is 0 Å². The van der Waals surface area contributed by atoms with Gasteiger partial charge >= 0.3 is 6.03 Å². The molecule has 7 heteroatoms. The molecule has 1 aliphatic rings. The molecule has 2 heterocycles. The molecule has 3 aromatic rings. The normalized spacial score (nSPS) is 18.6. The third kappa shape index (κ3) is 2.89. The highest BCUT2D eigenvalue weighted by Crippen LogP contribution is 2.40. The summed E-state index contributed by atoms with van der Waals surface area (Å²) in [5, 5.41) is 6.37. The second kappa shape index (κ2) is 7.09. The van der Waals surface area contributed by atoms with Crippen LogP contribution in [-0.4, -0.2) is 24.0 Å². The Balaban J connectivity index is 1.91. The number of methoxy groups -OCH3 is 1. The Morgan fingerprint density at radius 1 is 1.13 bits per heavy atom. The lowest BCUT2D eigenvalue weighted by Gasteiger charge is -2.32. The van der Waals surface area contributed by atoms with Crippen molar-refractivity contribution in [2.75, 3.05) is 7.11 Å². The SMILES string of the molecule is COc1nc(-c2ccc3cccc(F)c3c2)c(C)cc1C1(C(C)C)NC(=O)NC1=O. The minimum atomic E-state index is -1.28. The Labute approximate surface area is 173 Å². The van der Waals surface area contributed by atoms with Crippen LogP contribution in [0.25, 0.3) is 22.0 Å². The van der Waals surface area contributed by atoms with Crippen molar-refractivity contribution < 1.29 is 18.7 Å². The highest BCUT2D eigenvalue weighted by atomic mass is 19.1. The first-order valence-electron chi connectivity index (χ1n) is 9.66. The van der Waals surface area contributed by atoms with Gasteiger partial charge in [-0.15, -0.1) is 0 Å². The fraction of sp³-hybridized carbons (Fsp3) is 0.261. The maximum atomic E-state index is 14.3. The van der Waals surface area contributed by atoms with E-state index in [2.05, 4.69) is 15.6 Å². The van der Waals surface area contributed by atoms with E-state index in [0.717, 1.165) is 16.5 Å².